The Balaban J connectivity index is 1.72. The van der Waals surface area contributed by atoms with Crippen molar-refractivity contribution >= 4 is 28.4 Å². The van der Waals surface area contributed by atoms with Gasteiger partial charge in [-0.05, 0) is 25.1 Å². The van der Waals surface area contributed by atoms with Crippen LogP contribution < -0.4 is 5.69 Å². The molecule has 0 N–H and O–H groups in total. The Morgan fingerprint density at radius 1 is 1.35 bits per heavy atom. The number of carbonyl (C=O) groups excluding carboxylic acids is 1. The van der Waals surface area contributed by atoms with E-state index in [0.717, 1.165) is 20.2 Å². The van der Waals surface area contributed by atoms with Gasteiger partial charge in [-0.1, -0.05) is 0 Å². The van der Waals surface area contributed by atoms with Crippen molar-refractivity contribution in [3.05, 3.63) is 39.8 Å². The van der Waals surface area contributed by atoms with Gasteiger partial charge in [0.05, 0.1) is 18.6 Å². The summed E-state index contributed by atoms with van der Waals surface area (Å²) in [6.07, 6.45) is 1.69. The maximum atomic E-state index is 13.0. The minimum absolute atomic E-state index is 0.277. The zero-order valence-corrected chi connectivity index (χ0v) is 15.0. The van der Waals surface area contributed by atoms with Gasteiger partial charge in [-0.15, -0.1) is 11.3 Å². The third-order valence-corrected chi connectivity index (χ3v) is 5.54. The molecule has 136 valence electrons. The van der Waals surface area contributed by atoms with Crippen LogP contribution in [0, 0.1) is 6.92 Å². The second-order valence-corrected chi connectivity index (χ2v) is 7.80. The second kappa shape index (κ2) is 5.73. The molecule has 1 amide bonds. The van der Waals surface area contributed by atoms with E-state index in [-0.39, 0.29) is 6.54 Å². The predicted octanol–water partition coefficient (Wildman–Crippen LogP) is 2.25. The highest BCUT2D eigenvalue weighted by Crippen LogP contribution is 2.29. The number of halogens is 2. The van der Waals surface area contributed by atoms with Crippen molar-refractivity contribution in [1.82, 2.24) is 19.0 Å². The molecular weight excluding hydrogens is 362 g/mol. The standard InChI is InChI=1S/C17H16F2N4O2S/c1-10-3-4-13(26-10)11-5-12-15(20-6-11)21(2)16(25)23(12)7-14(24)22-8-17(18,19)9-22/h3-6H,7-9H2,1-2H3. The summed E-state index contributed by atoms with van der Waals surface area (Å²) in [5.74, 6) is -3.33. The number of thiophene rings is 1. The van der Waals surface area contributed by atoms with Gasteiger partial charge in [-0.25, -0.2) is 18.6 Å². The lowest BCUT2D eigenvalue weighted by Gasteiger charge is -2.38. The molecule has 1 saturated heterocycles. The maximum Gasteiger partial charge on any atom is 0.330 e. The fourth-order valence-corrected chi connectivity index (χ4v) is 3.93. The van der Waals surface area contributed by atoms with Gasteiger partial charge < -0.3 is 4.90 Å². The number of alkyl halides is 2. The lowest BCUT2D eigenvalue weighted by molar-refractivity contribution is -0.166. The van der Waals surface area contributed by atoms with Gasteiger partial charge >= 0.3 is 5.69 Å². The van der Waals surface area contributed by atoms with Gasteiger partial charge in [-0.2, -0.15) is 0 Å². The molecule has 0 spiro atoms. The number of amides is 1. The maximum absolute atomic E-state index is 13.0. The molecule has 4 heterocycles. The minimum Gasteiger partial charge on any atom is -0.329 e. The number of fused-ring (bicyclic) bond motifs is 1. The molecule has 9 heteroatoms. The summed E-state index contributed by atoms with van der Waals surface area (Å²) in [7, 11) is 1.57. The number of pyridine rings is 1. The molecule has 26 heavy (non-hydrogen) atoms. The van der Waals surface area contributed by atoms with Crippen LogP contribution in [0.2, 0.25) is 0 Å². The van der Waals surface area contributed by atoms with E-state index in [1.165, 1.54) is 9.13 Å². The Kier molecular flexibility index (Phi) is 3.72. The first kappa shape index (κ1) is 16.9. The number of likely N-dealkylation sites (tertiary alicyclic amines) is 1. The van der Waals surface area contributed by atoms with Crippen molar-refractivity contribution in [3.8, 4) is 10.4 Å². The number of aromatic nitrogens is 3. The summed E-state index contributed by atoms with van der Waals surface area (Å²) >= 11 is 1.60. The Morgan fingerprint density at radius 2 is 2.08 bits per heavy atom. The smallest absolute Gasteiger partial charge is 0.329 e. The van der Waals surface area contributed by atoms with Gasteiger partial charge in [0.2, 0.25) is 5.91 Å². The van der Waals surface area contributed by atoms with Crippen molar-refractivity contribution in [2.75, 3.05) is 13.1 Å². The fourth-order valence-electron chi connectivity index (χ4n) is 3.08. The minimum atomic E-state index is -2.83. The number of nitrogens with zero attached hydrogens (tertiary/aromatic N) is 4. The van der Waals surface area contributed by atoms with Crippen LogP contribution in [-0.4, -0.2) is 43.9 Å². The summed E-state index contributed by atoms with van der Waals surface area (Å²) in [5, 5.41) is 0. The molecular formula is C17H16F2N4O2S. The van der Waals surface area contributed by atoms with Crippen LogP contribution in [0.4, 0.5) is 8.78 Å². The van der Waals surface area contributed by atoms with Crippen molar-refractivity contribution in [2.45, 2.75) is 19.4 Å². The van der Waals surface area contributed by atoms with E-state index < -0.39 is 30.6 Å². The molecule has 6 nitrogen and oxygen atoms in total. The molecule has 3 aromatic rings. The summed E-state index contributed by atoms with van der Waals surface area (Å²) in [4.78, 5) is 32.3. The van der Waals surface area contributed by atoms with E-state index in [9.17, 15) is 18.4 Å². The summed E-state index contributed by atoms with van der Waals surface area (Å²) in [5.41, 5.74) is 1.42. The quantitative estimate of drug-likeness (QED) is 0.702. The average Bonchev–Trinajstić information content (AvgIpc) is 3.10. The van der Waals surface area contributed by atoms with E-state index in [1.54, 1.807) is 24.6 Å². The van der Waals surface area contributed by atoms with Crippen LogP contribution in [0.1, 0.15) is 4.88 Å². The van der Waals surface area contributed by atoms with Crippen LogP contribution in [0.25, 0.3) is 21.6 Å². The Morgan fingerprint density at radius 3 is 2.69 bits per heavy atom. The fraction of sp³-hybridized carbons (Fsp3) is 0.353. The SMILES string of the molecule is Cc1ccc(-c2cnc3c(c2)n(CC(=O)N2CC(F)(F)C2)c(=O)n3C)s1. The highest BCUT2D eigenvalue weighted by Gasteiger charge is 2.46. The normalized spacial score (nSPS) is 16.1. The second-order valence-electron chi connectivity index (χ2n) is 6.51. The molecule has 0 saturated carbocycles. The van der Waals surface area contributed by atoms with Gasteiger partial charge in [0.25, 0.3) is 5.92 Å². The van der Waals surface area contributed by atoms with Gasteiger partial charge in [-0.3, -0.25) is 13.9 Å². The van der Waals surface area contributed by atoms with Gasteiger partial charge in [0, 0.05) is 28.6 Å². The predicted molar refractivity (Wildman–Crippen MR) is 94.6 cm³/mol. The van der Waals surface area contributed by atoms with Gasteiger partial charge in [0.15, 0.2) is 5.65 Å². The van der Waals surface area contributed by atoms with E-state index in [2.05, 4.69) is 4.98 Å². The first-order valence-electron chi connectivity index (χ1n) is 8.03. The Labute approximate surface area is 151 Å². The van der Waals surface area contributed by atoms with Crippen LogP contribution in [0.5, 0.6) is 0 Å². The largest absolute Gasteiger partial charge is 0.330 e. The third-order valence-electron chi connectivity index (χ3n) is 4.49. The molecule has 4 rings (SSSR count). The van der Waals surface area contributed by atoms with Crippen molar-refractivity contribution < 1.29 is 13.6 Å². The zero-order chi connectivity index (χ0) is 18.6. The molecule has 0 aromatic carbocycles. The van der Waals surface area contributed by atoms with Crippen molar-refractivity contribution in [1.29, 1.82) is 0 Å². The molecule has 0 aliphatic carbocycles. The Hall–Kier alpha value is -2.55. The zero-order valence-electron chi connectivity index (χ0n) is 14.2. The molecule has 1 fully saturated rings. The number of carbonyl (C=O) groups is 1. The summed E-state index contributed by atoms with van der Waals surface area (Å²) in [6, 6.07) is 5.78. The van der Waals surface area contributed by atoms with Gasteiger partial charge in [0.1, 0.15) is 6.54 Å². The number of rotatable bonds is 3. The lowest BCUT2D eigenvalue weighted by Crippen LogP contribution is -2.59. The number of imidazole rings is 1. The van der Waals surface area contributed by atoms with Crippen molar-refractivity contribution in [3.63, 3.8) is 0 Å². The van der Waals surface area contributed by atoms with Crippen LogP contribution >= 0.6 is 11.3 Å². The molecule has 0 unspecified atom stereocenters. The topological polar surface area (TPSA) is 60.1 Å². The van der Waals surface area contributed by atoms with E-state index in [4.69, 9.17) is 0 Å². The molecule has 1 aliphatic heterocycles. The summed E-state index contributed by atoms with van der Waals surface area (Å²) in [6.45, 7) is 0.535. The third kappa shape index (κ3) is 2.72. The molecule has 0 bridgehead atoms. The lowest BCUT2D eigenvalue weighted by atomic mass is 10.1. The molecule has 1 aliphatic rings. The van der Waals surface area contributed by atoms with Crippen LogP contribution in [0.3, 0.4) is 0 Å². The number of hydrogen-bond acceptors (Lipinski definition) is 4. The van der Waals surface area contributed by atoms with E-state index in [1.807, 2.05) is 25.1 Å². The van der Waals surface area contributed by atoms with Crippen LogP contribution in [0.15, 0.2) is 29.2 Å². The average molecular weight is 378 g/mol. The molecule has 0 atom stereocenters. The molecule has 0 radical (unpaired) electrons. The van der Waals surface area contributed by atoms with Crippen LogP contribution in [-0.2, 0) is 18.4 Å². The Bertz CT molecular complexity index is 1070. The van der Waals surface area contributed by atoms with E-state index in [0.29, 0.717) is 11.2 Å². The first-order chi connectivity index (χ1) is 12.2. The monoisotopic (exact) mass is 378 g/mol. The number of hydrogen-bond donors (Lipinski definition) is 0. The first-order valence-corrected chi connectivity index (χ1v) is 8.84. The molecule has 3 aromatic heterocycles. The highest BCUT2D eigenvalue weighted by atomic mass is 32.1. The number of aryl methyl sites for hydroxylation is 2. The highest BCUT2D eigenvalue weighted by molar-refractivity contribution is 7.15. The summed E-state index contributed by atoms with van der Waals surface area (Å²) < 4.78 is 28.6. The van der Waals surface area contributed by atoms with Crippen molar-refractivity contribution in [2.24, 2.45) is 7.05 Å². The van der Waals surface area contributed by atoms with E-state index >= 15 is 0 Å².